The molecule has 0 aliphatic carbocycles. The van der Waals surface area contributed by atoms with Gasteiger partial charge in [0.2, 0.25) is 0 Å². The van der Waals surface area contributed by atoms with E-state index < -0.39 is 13.0 Å². The van der Waals surface area contributed by atoms with Crippen LogP contribution in [0.5, 0.6) is 0 Å². The average molecular weight is 156 g/mol. The number of rotatable bonds is 2. The van der Waals surface area contributed by atoms with Crippen molar-refractivity contribution < 1.29 is 8.78 Å². The summed E-state index contributed by atoms with van der Waals surface area (Å²) in [4.78, 5) is 0. The summed E-state index contributed by atoms with van der Waals surface area (Å²) in [5.74, 6) is 0. The van der Waals surface area contributed by atoms with Crippen molar-refractivity contribution >= 4 is 13.3 Å². The minimum absolute atomic E-state index is 0.391. The molecule has 58 valence electrons. The maximum Gasteiger partial charge on any atom is 0.257 e. The van der Waals surface area contributed by atoms with Crippen LogP contribution in [0.2, 0.25) is 0 Å². The predicted octanol–water partition coefficient (Wildman–Crippen LogP) is 0.250. The van der Waals surface area contributed by atoms with Crippen LogP contribution in [0, 0.1) is 6.92 Å². The van der Waals surface area contributed by atoms with E-state index in [0.29, 0.717) is 11.2 Å². The summed E-state index contributed by atoms with van der Waals surface area (Å²) in [5.41, 5.74) is 1.04. The highest BCUT2D eigenvalue weighted by Crippen LogP contribution is 1.96. The molecule has 1 aromatic heterocycles. The van der Waals surface area contributed by atoms with Gasteiger partial charge in [-0.25, -0.2) is 8.78 Å². The number of alkyl halides is 2. The first-order valence-electron chi connectivity index (χ1n) is 3.17. The molecule has 0 saturated heterocycles. The lowest BCUT2D eigenvalue weighted by Crippen LogP contribution is -2.07. The van der Waals surface area contributed by atoms with Gasteiger partial charge in [0.05, 0.1) is 5.69 Å². The van der Waals surface area contributed by atoms with Crippen molar-refractivity contribution in [2.24, 2.45) is 0 Å². The molecule has 1 rings (SSSR count). The molecular formula is C6H7BF2N2. The minimum atomic E-state index is -2.38. The van der Waals surface area contributed by atoms with Gasteiger partial charge in [0.15, 0.2) is 0 Å². The van der Waals surface area contributed by atoms with E-state index in [1.807, 2.05) is 0 Å². The first kappa shape index (κ1) is 8.23. The van der Waals surface area contributed by atoms with Gasteiger partial charge in [0.25, 0.3) is 6.43 Å². The number of hydrogen-bond acceptors (Lipinski definition) is 1. The molecule has 2 nitrogen and oxygen atoms in total. The summed E-state index contributed by atoms with van der Waals surface area (Å²) in [6.07, 6.45) is -0.977. The van der Waals surface area contributed by atoms with Gasteiger partial charge in [-0.3, -0.25) is 4.68 Å². The summed E-state index contributed by atoms with van der Waals surface area (Å²) in [6, 6.07) is 0. The van der Waals surface area contributed by atoms with Crippen LogP contribution in [0.4, 0.5) is 8.78 Å². The maximum absolute atomic E-state index is 11.8. The number of aromatic nitrogens is 2. The number of aryl methyl sites for hydroxylation is 1. The molecule has 1 aromatic rings. The topological polar surface area (TPSA) is 17.8 Å². The lowest BCUT2D eigenvalue weighted by Gasteiger charge is -1.97. The van der Waals surface area contributed by atoms with E-state index in [-0.39, 0.29) is 0 Å². The molecule has 0 aromatic carbocycles. The van der Waals surface area contributed by atoms with Gasteiger partial charge >= 0.3 is 0 Å². The van der Waals surface area contributed by atoms with Crippen LogP contribution in [-0.2, 0) is 6.54 Å². The van der Waals surface area contributed by atoms with Gasteiger partial charge in [-0.1, -0.05) is 5.46 Å². The highest BCUT2D eigenvalue weighted by atomic mass is 19.3. The summed E-state index contributed by atoms with van der Waals surface area (Å²) in [7, 11) is 5.39. The Labute approximate surface area is 64.6 Å². The molecule has 0 N–H and O–H groups in total. The number of nitrogens with zero attached hydrogens (tertiary/aromatic N) is 2. The normalized spacial score (nSPS) is 10.9. The molecular weight excluding hydrogens is 149 g/mol. The van der Waals surface area contributed by atoms with Crippen LogP contribution < -0.4 is 5.46 Å². The van der Waals surface area contributed by atoms with Crippen molar-refractivity contribution in [3.05, 3.63) is 11.9 Å². The van der Waals surface area contributed by atoms with Crippen molar-refractivity contribution in [2.75, 3.05) is 0 Å². The fraction of sp³-hybridized carbons (Fsp3) is 0.500. The van der Waals surface area contributed by atoms with E-state index in [1.54, 1.807) is 6.92 Å². The second kappa shape index (κ2) is 3.03. The number of hydrogen-bond donors (Lipinski definition) is 0. The Morgan fingerprint density at radius 2 is 2.36 bits per heavy atom. The Balaban J connectivity index is 2.73. The third kappa shape index (κ3) is 2.03. The Morgan fingerprint density at radius 1 is 1.73 bits per heavy atom. The van der Waals surface area contributed by atoms with Gasteiger partial charge in [0.1, 0.15) is 14.4 Å². The molecule has 0 amide bonds. The van der Waals surface area contributed by atoms with Crippen LogP contribution in [0.25, 0.3) is 0 Å². The van der Waals surface area contributed by atoms with Crippen molar-refractivity contribution in [1.82, 2.24) is 9.78 Å². The Kier molecular flexibility index (Phi) is 2.26. The molecule has 5 heteroatoms. The van der Waals surface area contributed by atoms with Crippen LogP contribution in [0.3, 0.4) is 0 Å². The van der Waals surface area contributed by atoms with Gasteiger partial charge in [0, 0.05) is 6.20 Å². The summed E-state index contributed by atoms with van der Waals surface area (Å²) in [6.45, 7) is 1.29. The number of halogens is 2. The summed E-state index contributed by atoms with van der Waals surface area (Å²) >= 11 is 0. The van der Waals surface area contributed by atoms with Crippen LogP contribution in [-0.4, -0.2) is 24.1 Å². The van der Waals surface area contributed by atoms with Crippen LogP contribution in [0.1, 0.15) is 5.69 Å². The molecule has 0 unspecified atom stereocenters. The van der Waals surface area contributed by atoms with E-state index >= 15 is 0 Å². The van der Waals surface area contributed by atoms with Crippen molar-refractivity contribution in [3.8, 4) is 0 Å². The zero-order chi connectivity index (χ0) is 8.43. The molecule has 0 aliphatic heterocycles. The van der Waals surface area contributed by atoms with Gasteiger partial charge in [-0.05, 0) is 6.92 Å². The molecule has 0 aliphatic rings. The van der Waals surface area contributed by atoms with Crippen molar-refractivity contribution in [2.45, 2.75) is 19.9 Å². The van der Waals surface area contributed by atoms with Crippen LogP contribution >= 0.6 is 0 Å². The van der Waals surface area contributed by atoms with Crippen molar-refractivity contribution in [3.63, 3.8) is 0 Å². The molecule has 0 fully saturated rings. The Morgan fingerprint density at radius 3 is 2.73 bits per heavy atom. The largest absolute Gasteiger partial charge is 0.267 e. The molecule has 11 heavy (non-hydrogen) atoms. The van der Waals surface area contributed by atoms with Gasteiger partial charge in [-0.2, -0.15) is 5.10 Å². The van der Waals surface area contributed by atoms with Crippen LogP contribution in [0.15, 0.2) is 6.20 Å². The SMILES string of the molecule is [B]c1cn(CC(F)F)nc1C. The fourth-order valence-electron chi connectivity index (χ4n) is 0.768. The van der Waals surface area contributed by atoms with E-state index in [9.17, 15) is 8.78 Å². The first-order chi connectivity index (χ1) is 5.09. The molecule has 0 saturated carbocycles. The van der Waals surface area contributed by atoms with Crippen molar-refractivity contribution in [1.29, 1.82) is 0 Å². The maximum atomic E-state index is 11.8. The Hall–Kier alpha value is -0.865. The fourth-order valence-corrected chi connectivity index (χ4v) is 0.768. The Bertz CT molecular complexity index is 227. The monoisotopic (exact) mass is 156 g/mol. The van der Waals surface area contributed by atoms with E-state index in [1.165, 1.54) is 6.20 Å². The second-order valence-electron chi connectivity index (χ2n) is 2.28. The molecule has 2 radical (unpaired) electrons. The standard InChI is InChI=1S/C6H7BF2N2/c1-4-5(7)2-11(10-4)3-6(8)9/h2,6H,3H2,1H3. The predicted molar refractivity (Wildman–Crippen MR) is 38.4 cm³/mol. The molecule has 0 spiro atoms. The highest BCUT2D eigenvalue weighted by Gasteiger charge is 2.05. The quantitative estimate of drug-likeness (QED) is 0.561. The van der Waals surface area contributed by atoms with E-state index in [0.717, 1.165) is 4.68 Å². The summed E-state index contributed by atoms with van der Waals surface area (Å²) < 4.78 is 24.7. The van der Waals surface area contributed by atoms with E-state index in [2.05, 4.69) is 5.10 Å². The smallest absolute Gasteiger partial charge is 0.257 e. The molecule has 1 heterocycles. The third-order valence-corrected chi connectivity index (χ3v) is 1.31. The molecule has 0 atom stereocenters. The zero-order valence-electron chi connectivity index (χ0n) is 6.09. The highest BCUT2D eigenvalue weighted by molar-refractivity contribution is 6.32. The first-order valence-corrected chi connectivity index (χ1v) is 3.17. The minimum Gasteiger partial charge on any atom is -0.267 e. The molecule has 0 bridgehead atoms. The van der Waals surface area contributed by atoms with E-state index in [4.69, 9.17) is 7.85 Å². The average Bonchev–Trinajstić information content (AvgIpc) is 2.10. The van der Waals surface area contributed by atoms with Gasteiger partial charge < -0.3 is 0 Å². The third-order valence-electron chi connectivity index (χ3n) is 1.31. The zero-order valence-corrected chi connectivity index (χ0v) is 6.09. The lowest BCUT2D eigenvalue weighted by atomic mass is 9.98. The van der Waals surface area contributed by atoms with Gasteiger partial charge in [-0.15, -0.1) is 0 Å². The lowest BCUT2D eigenvalue weighted by molar-refractivity contribution is 0.121. The summed E-state index contributed by atoms with van der Waals surface area (Å²) in [5, 5.41) is 3.76. The second-order valence-corrected chi connectivity index (χ2v) is 2.28.